The molecule has 0 saturated carbocycles. The first-order valence-electron chi connectivity index (χ1n) is 17.5. The van der Waals surface area contributed by atoms with E-state index in [0.29, 0.717) is 17.6 Å². The third-order valence-electron chi connectivity index (χ3n) is 9.93. The zero-order valence-electron chi connectivity index (χ0n) is 28.1. The zero-order chi connectivity index (χ0) is 34.9. The van der Waals surface area contributed by atoms with Crippen LogP contribution < -0.4 is 0 Å². The quantitative estimate of drug-likeness (QED) is 0.178. The average Bonchev–Trinajstić information content (AvgIpc) is 3.93. The van der Waals surface area contributed by atoms with Crippen LogP contribution in [0.25, 0.3) is 103 Å². The fourth-order valence-corrected chi connectivity index (χ4v) is 9.51. The summed E-state index contributed by atoms with van der Waals surface area (Å²) in [6.07, 6.45) is 0. The number of hydrogen-bond acceptors (Lipinski definition) is 6. The lowest BCUT2D eigenvalue weighted by Gasteiger charge is -2.12. The summed E-state index contributed by atoms with van der Waals surface area (Å²) in [7, 11) is 0. The summed E-state index contributed by atoms with van der Waals surface area (Å²) in [5.74, 6) is 1.84. The third kappa shape index (κ3) is 4.97. The maximum absolute atomic E-state index is 5.32. The Bertz CT molecular complexity index is 3090. The van der Waals surface area contributed by atoms with Gasteiger partial charge in [-0.2, -0.15) is 9.97 Å². The first-order chi connectivity index (χ1) is 26.2. The van der Waals surface area contributed by atoms with E-state index in [1.54, 1.807) is 22.7 Å². The molecule has 0 spiro atoms. The molecule has 0 aliphatic rings. The molecule has 0 aliphatic heterocycles. The molecule has 4 aromatic heterocycles. The second-order valence-corrected chi connectivity index (χ2v) is 15.2. The van der Waals surface area contributed by atoms with Crippen LogP contribution in [0.15, 0.2) is 164 Å². The van der Waals surface area contributed by atoms with E-state index < -0.39 is 0 Å². The van der Waals surface area contributed by atoms with Gasteiger partial charge in [-0.3, -0.25) is 4.57 Å². The molecule has 0 saturated heterocycles. The molecule has 0 radical (unpaired) electrons. The van der Waals surface area contributed by atoms with E-state index in [4.69, 9.17) is 19.9 Å². The molecule has 0 amide bonds. The Morgan fingerprint density at radius 1 is 0.396 bits per heavy atom. The molecule has 0 fully saturated rings. The molecule has 7 heteroatoms. The van der Waals surface area contributed by atoms with E-state index in [9.17, 15) is 0 Å². The van der Waals surface area contributed by atoms with Crippen molar-refractivity contribution in [3.63, 3.8) is 0 Å². The number of thiazole rings is 1. The van der Waals surface area contributed by atoms with Gasteiger partial charge in [0.2, 0.25) is 5.95 Å². The highest BCUT2D eigenvalue weighted by atomic mass is 32.1. The molecule has 7 aromatic carbocycles. The highest BCUT2D eigenvalue weighted by Crippen LogP contribution is 2.42. The largest absolute Gasteiger partial charge is 0.278 e. The van der Waals surface area contributed by atoms with Crippen molar-refractivity contribution in [2.45, 2.75) is 0 Å². The van der Waals surface area contributed by atoms with Gasteiger partial charge in [0.05, 0.1) is 21.3 Å². The third-order valence-corrected chi connectivity index (χ3v) is 12.2. The Hall–Kier alpha value is -6.54. The molecule has 4 heterocycles. The van der Waals surface area contributed by atoms with Gasteiger partial charge < -0.3 is 0 Å². The molecule has 5 nitrogen and oxygen atoms in total. The van der Waals surface area contributed by atoms with Crippen LogP contribution in [-0.4, -0.2) is 24.5 Å². The zero-order valence-corrected chi connectivity index (χ0v) is 29.8. The van der Waals surface area contributed by atoms with Crippen molar-refractivity contribution in [1.82, 2.24) is 24.5 Å². The maximum Gasteiger partial charge on any atom is 0.238 e. The molecule has 0 atom stereocenters. The van der Waals surface area contributed by atoms with Gasteiger partial charge in [-0.15, -0.1) is 22.7 Å². The van der Waals surface area contributed by atoms with Gasteiger partial charge in [-0.1, -0.05) is 121 Å². The number of rotatable bonds is 5. The summed E-state index contributed by atoms with van der Waals surface area (Å²) in [6.45, 7) is 0. The van der Waals surface area contributed by atoms with Gasteiger partial charge in [0.15, 0.2) is 11.6 Å². The lowest BCUT2D eigenvalue weighted by Crippen LogP contribution is -2.06. The predicted octanol–water partition coefficient (Wildman–Crippen LogP) is 12.6. The van der Waals surface area contributed by atoms with Gasteiger partial charge in [0.1, 0.15) is 5.01 Å². The second-order valence-electron chi connectivity index (χ2n) is 13.1. The van der Waals surface area contributed by atoms with Gasteiger partial charge in [-0.25, -0.2) is 9.97 Å². The summed E-state index contributed by atoms with van der Waals surface area (Å²) in [4.78, 5) is 20.8. The van der Waals surface area contributed by atoms with E-state index >= 15 is 0 Å². The van der Waals surface area contributed by atoms with Crippen LogP contribution in [0.5, 0.6) is 0 Å². The van der Waals surface area contributed by atoms with Gasteiger partial charge >= 0.3 is 0 Å². The summed E-state index contributed by atoms with van der Waals surface area (Å²) < 4.78 is 5.76. The van der Waals surface area contributed by atoms with Crippen molar-refractivity contribution in [1.29, 1.82) is 0 Å². The summed E-state index contributed by atoms with van der Waals surface area (Å²) in [5, 5.41) is 5.64. The number of hydrogen-bond donors (Lipinski definition) is 0. The SMILES string of the molecule is c1ccc(-c2ccc(-c3nc(-c4cccc5sc6ccc(-c7nc8ccccc8s7)cc6c45)nc(-n4c5ccccc5c5ccccc54)n3)cc2)cc1. The number of aromatic nitrogens is 5. The maximum atomic E-state index is 5.32. The number of nitrogens with zero attached hydrogens (tertiary/aromatic N) is 5. The predicted molar refractivity (Wildman–Crippen MR) is 222 cm³/mol. The Morgan fingerprint density at radius 2 is 1.04 bits per heavy atom. The monoisotopic (exact) mass is 713 g/mol. The van der Waals surface area contributed by atoms with Crippen LogP contribution in [-0.2, 0) is 0 Å². The molecule has 0 unspecified atom stereocenters. The molecule has 53 heavy (non-hydrogen) atoms. The van der Waals surface area contributed by atoms with Crippen LogP contribution >= 0.6 is 22.7 Å². The minimum atomic E-state index is 0.584. The van der Waals surface area contributed by atoms with Crippen LogP contribution in [0.3, 0.4) is 0 Å². The smallest absolute Gasteiger partial charge is 0.238 e. The van der Waals surface area contributed by atoms with Crippen LogP contribution in [0.1, 0.15) is 0 Å². The minimum Gasteiger partial charge on any atom is -0.278 e. The molecule has 0 N–H and O–H groups in total. The van der Waals surface area contributed by atoms with Crippen LogP contribution in [0.2, 0.25) is 0 Å². The Balaban J connectivity index is 1.15. The van der Waals surface area contributed by atoms with Crippen molar-refractivity contribution < 1.29 is 0 Å². The first kappa shape index (κ1) is 30.1. The molecule has 248 valence electrons. The van der Waals surface area contributed by atoms with Gasteiger partial charge in [-0.05, 0) is 53.6 Å². The lowest BCUT2D eigenvalue weighted by atomic mass is 10.0. The highest BCUT2D eigenvalue weighted by molar-refractivity contribution is 7.26. The summed E-state index contributed by atoms with van der Waals surface area (Å²) in [6, 6.07) is 57.4. The Kier molecular flexibility index (Phi) is 6.83. The van der Waals surface area contributed by atoms with Crippen molar-refractivity contribution >= 4 is 74.9 Å². The minimum absolute atomic E-state index is 0.584. The van der Waals surface area contributed by atoms with Gasteiger partial charge in [0, 0.05) is 47.6 Å². The van der Waals surface area contributed by atoms with Crippen molar-refractivity contribution in [2.24, 2.45) is 0 Å². The second kappa shape index (κ2) is 12.0. The van der Waals surface area contributed by atoms with E-state index in [-0.39, 0.29) is 0 Å². The molecular formula is C46H27N5S2. The van der Waals surface area contributed by atoms with E-state index in [1.165, 1.54) is 25.0 Å². The lowest BCUT2D eigenvalue weighted by molar-refractivity contribution is 0.954. The molecule has 0 aliphatic carbocycles. The van der Waals surface area contributed by atoms with Crippen LogP contribution in [0.4, 0.5) is 0 Å². The Labute approximate surface area is 312 Å². The number of benzene rings is 7. The fourth-order valence-electron chi connectivity index (χ4n) is 7.44. The topological polar surface area (TPSA) is 56.5 Å². The van der Waals surface area contributed by atoms with Crippen molar-refractivity contribution in [3.05, 3.63) is 164 Å². The standard InChI is InChI=1S/C46H27N5S2/c1-2-11-28(12-3-1)29-21-23-30(24-22-29)43-48-44(50-46(49-43)51-37-17-7-4-13-32(37)33-14-5-8-18-38(33)51)34-15-10-20-41-42(34)35-27-31(25-26-39(35)52-41)45-47-36-16-6-9-19-40(36)53-45/h1-27H. The molecule has 11 aromatic rings. The normalized spacial score (nSPS) is 11.8. The number of fused-ring (bicyclic) bond motifs is 7. The van der Waals surface area contributed by atoms with Gasteiger partial charge in [0.25, 0.3) is 0 Å². The van der Waals surface area contributed by atoms with Crippen molar-refractivity contribution in [3.8, 4) is 50.4 Å². The fraction of sp³-hybridized carbons (Fsp3) is 0. The van der Waals surface area contributed by atoms with E-state index in [0.717, 1.165) is 60.0 Å². The Morgan fingerprint density at radius 3 is 1.83 bits per heavy atom. The molecular weight excluding hydrogens is 687 g/mol. The number of para-hydroxylation sites is 3. The number of thiophene rings is 1. The van der Waals surface area contributed by atoms with E-state index in [2.05, 4.69) is 156 Å². The first-order valence-corrected chi connectivity index (χ1v) is 19.1. The summed E-state index contributed by atoms with van der Waals surface area (Å²) in [5.41, 5.74) is 8.45. The van der Waals surface area contributed by atoms with E-state index in [1.807, 2.05) is 12.1 Å². The van der Waals surface area contributed by atoms with Crippen molar-refractivity contribution in [2.75, 3.05) is 0 Å². The average molecular weight is 714 g/mol. The van der Waals surface area contributed by atoms with Crippen LogP contribution in [0, 0.1) is 0 Å². The summed E-state index contributed by atoms with van der Waals surface area (Å²) >= 11 is 3.52. The molecule has 0 bridgehead atoms. The highest BCUT2D eigenvalue weighted by Gasteiger charge is 2.20. The molecule has 11 rings (SSSR count).